The lowest BCUT2D eigenvalue weighted by atomic mass is 9.94. The summed E-state index contributed by atoms with van der Waals surface area (Å²) >= 11 is 8.69. The molecule has 1 amide bonds. The van der Waals surface area contributed by atoms with E-state index < -0.39 is 17.7 Å². The smallest absolute Gasteiger partial charge is 0.301 e. The van der Waals surface area contributed by atoms with Crippen LogP contribution < -0.4 is 14.4 Å². The molecule has 1 fully saturated rings. The van der Waals surface area contributed by atoms with Gasteiger partial charge in [-0.15, -0.1) is 10.2 Å². The second-order valence-corrected chi connectivity index (χ2v) is 12.9. The van der Waals surface area contributed by atoms with Crippen LogP contribution in [-0.4, -0.2) is 39.7 Å². The van der Waals surface area contributed by atoms with E-state index in [1.807, 2.05) is 62.4 Å². The number of amides is 1. The van der Waals surface area contributed by atoms with Crippen LogP contribution in [0.25, 0.3) is 5.76 Å². The van der Waals surface area contributed by atoms with Gasteiger partial charge in [0.15, 0.2) is 4.34 Å². The first kappa shape index (κ1) is 29.2. The van der Waals surface area contributed by atoms with Crippen LogP contribution in [0.3, 0.4) is 0 Å². The lowest BCUT2D eigenvalue weighted by Gasteiger charge is -2.23. The standard InChI is InChI=1S/C32H28ClN3O5S2/c1-3-13-40-24-6-4-5-20(16-24)27-26(28(37)21-9-12-25-22(15-21)14-18(2)41-25)29(38)30(39)36(27)31-34-35-32(43-31)42-17-19-7-10-23(33)11-8-19/h4-12,15-16,18,27,37H,3,13-14,17H2,1-2H3/b28-26-. The molecular weight excluding hydrogens is 606 g/mol. The molecule has 2 aliphatic heterocycles. The molecule has 0 aliphatic carbocycles. The number of benzene rings is 3. The Morgan fingerprint density at radius 3 is 2.74 bits per heavy atom. The van der Waals surface area contributed by atoms with Gasteiger partial charge in [0, 0.05) is 22.8 Å². The molecule has 2 atom stereocenters. The first-order chi connectivity index (χ1) is 20.8. The van der Waals surface area contributed by atoms with Crippen molar-refractivity contribution in [3.8, 4) is 11.5 Å². The van der Waals surface area contributed by atoms with Crippen molar-refractivity contribution in [1.29, 1.82) is 0 Å². The number of ketones is 1. The molecule has 2 unspecified atom stereocenters. The second kappa shape index (κ2) is 12.4. The van der Waals surface area contributed by atoms with Gasteiger partial charge in [-0.2, -0.15) is 0 Å². The molecule has 2 aliphatic rings. The van der Waals surface area contributed by atoms with Gasteiger partial charge in [-0.3, -0.25) is 14.5 Å². The SMILES string of the molecule is CCCOc1cccc(C2/C(=C(/O)c3ccc4c(c3)CC(C)O4)C(=O)C(=O)N2c2nnc(SCc3ccc(Cl)cc3)s2)c1. The number of hydrogen-bond acceptors (Lipinski definition) is 9. The number of thioether (sulfide) groups is 1. The Morgan fingerprint density at radius 2 is 1.95 bits per heavy atom. The lowest BCUT2D eigenvalue weighted by molar-refractivity contribution is -0.132. The van der Waals surface area contributed by atoms with Gasteiger partial charge in [0.2, 0.25) is 5.13 Å². The molecule has 0 saturated carbocycles. The van der Waals surface area contributed by atoms with Gasteiger partial charge in [0.05, 0.1) is 18.2 Å². The first-order valence-corrected chi connectivity index (χ1v) is 16.0. The van der Waals surface area contributed by atoms with Crippen LogP contribution in [0.5, 0.6) is 11.5 Å². The number of carbonyl (C=O) groups is 2. The molecule has 0 radical (unpaired) electrons. The number of carbonyl (C=O) groups excluding carboxylic acids is 2. The highest BCUT2D eigenvalue weighted by Crippen LogP contribution is 2.45. The van der Waals surface area contributed by atoms with Crippen LogP contribution in [-0.2, 0) is 21.8 Å². The number of anilines is 1. The fraction of sp³-hybridized carbons (Fsp3) is 0.250. The van der Waals surface area contributed by atoms with Crippen molar-refractivity contribution in [3.05, 3.63) is 99.6 Å². The van der Waals surface area contributed by atoms with Crippen LogP contribution in [0.15, 0.2) is 76.6 Å². The fourth-order valence-electron chi connectivity index (χ4n) is 5.15. The molecule has 6 rings (SSSR count). The van der Waals surface area contributed by atoms with Gasteiger partial charge in [-0.25, -0.2) is 0 Å². The van der Waals surface area contributed by atoms with E-state index in [-0.39, 0.29) is 22.6 Å². The molecular formula is C32H28ClN3O5S2. The monoisotopic (exact) mass is 633 g/mol. The maximum Gasteiger partial charge on any atom is 0.301 e. The Bertz CT molecular complexity index is 1720. The molecule has 0 bridgehead atoms. The van der Waals surface area contributed by atoms with Crippen molar-refractivity contribution in [2.45, 2.75) is 48.9 Å². The van der Waals surface area contributed by atoms with Crippen molar-refractivity contribution < 1.29 is 24.2 Å². The van der Waals surface area contributed by atoms with Crippen molar-refractivity contribution in [1.82, 2.24) is 10.2 Å². The number of nitrogens with zero attached hydrogens (tertiary/aromatic N) is 3. The second-order valence-electron chi connectivity index (χ2n) is 10.3. The quantitative estimate of drug-likeness (QED) is 0.0678. The normalized spacial score (nSPS) is 19.0. The summed E-state index contributed by atoms with van der Waals surface area (Å²) in [6.07, 6.45) is 1.53. The summed E-state index contributed by atoms with van der Waals surface area (Å²) < 4.78 is 12.3. The van der Waals surface area contributed by atoms with Gasteiger partial charge in [0.1, 0.15) is 23.4 Å². The minimum absolute atomic E-state index is 0.0184. The summed E-state index contributed by atoms with van der Waals surface area (Å²) in [4.78, 5) is 28.6. The zero-order valence-electron chi connectivity index (χ0n) is 23.5. The maximum absolute atomic E-state index is 13.7. The molecule has 1 N–H and O–H groups in total. The third-order valence-corrected chi connectivity index (χ3v) is 9.52. The van der Waals surface area contributed by atoms with Crippen LogP contribution >= 0.6 is 34.7 Å². The number of aliphatic hydroxyl groups is 1. The third kappa shape index (κ3) is 6.00. The Kier molecular flexibility index (Phi) is 8.43. The average molecular weight is 634 g/mol. The summed E-state index contributed by atoms with van der Waals surface area (Å²) in [6, 6.07) is 19.1. The van der Waals surface area contributed by atoms with Crippen molar-refractivity contribution >= 4 is 57.3 Å². The number of ether oxygens (including phenoxy) is 2. The van der Waals surface area contributed by atoms with Crippen LogP contribution in [0.1, 0.15) is 48.6 Å². The molecule has 8 nitrogen and oxygen atoms in total. The highest BCUT2D eigenvalue weighted by Gasteiger charge is 2.48. The summed E-state index contributed by atoms with van der Waals surface area (Å²) in [5.41, 5.74) is 3.02. The number of hydrogen-bond donors (Lipinski definition) is 1. The van der Waals surface area contributed by atoms with E-state index in [0.717, 1.165) is 23.3 Å². The van der Waals surface area contributed by atoms with Crippen LogP contribution in [0.2, 0.25) is 5.02 Å². The molecule has 4 aromatic rings. The van der Waals surface area contributed by atoms with Gasteiger partial charge in [-0.1, -0.05) is 65.9 Å². The molecule has 3 heterocycles. The van der Waals surface area contributed by atoms with E-state index in [0.29, 0.717) is 45.0 Å². The van der Waals surface area contributed by atoms with Crippen molar-refractivity contribution in [3.63, 3.8) is 0 Å². The summed E-state index contributed by atoms with van der Waals surface area (Å²) in [5.74, 6) is 0.151. The Balaban J connectivity index is 1.39. The average Bonchev–Trinajstić information content (AvgIpc) is 3.70. The summed E-state index contributed by atoms with van der Waals surface area (Å²) in [7, 11) is 0. The molecule has 43 heavy (non-hydrogen) atoms. The van der Waals surface area contributed by atoms with Crippen LogP contribution in [0, 0.1) is 0 Å². The van der Waals surface area contributed by atoms with E-state index in [1.54, 1.807) is 18.2 Å². The van der Waals surface area contributed by atoms with E-state index in [2.05, 4.69) is 10.2 Å². The predicted octanol–water partition coefficient (Wildman–Crippen LogP) is 7.22. The van der Waals surface area contributed by atoms with Gasteiger partial charge >= 0.3 is 5.91 Å². The molecule has 0 spiro atoms. The van der Waals surface area contributed by atoms with E-state index >= 15 is 0 Å². The van der Waals surface area contributed by atoms with E-state index in [9.17, 15) is 14.7 Å². The fourth-order valence-corrected chi connectivity index (χ4v) is 7.10. The number of fused-ring (bicyclic) bond motifs is 1. The molecule has 1 saturated heterocycles. The van der Waals surface area contributed by atoms with Gasteiger partial charge in [0.25, 0.3) is 5.78 Å². The molecule has 3 aromatic carbocycles. The van der Waals surface area contributed by atoms with E-state index in [4.69, 9.17) is 21.1 Å². The Morgan fingerprint density at radius 1 is 1.14 bits per heavy atom. The maximum atomic E-state index is 13.7. The highest BCUT2D eigenvalue weighted by atomic mass is 35.5. The lowest BCUT2D eigenvalue weighted by Crippen LogP contribution is -2.29. The van der Waals surface area contributed by atoms with Gasteiger partial charge < -0.3 is 14.6 Å². The Hall–Kier alpha value is -3.86. The zero-order chi connectivity index (χ0) is 30.1. The molecule has 1 aromatic heterocycles. The van der Waals surface area contributed by atoms with E-state index in [1.165, 1.54) is 28.0 Å². The topological polar surface area (TPSA) is 102 Å². The number of Topliss-reactive ketones (excluding diaryl/α,β-unsaturated/α-hetero) is 1. The number of halogens is 1. The van der Waals surface area contributed by atoms with Crippen molar-refractivity contribution in [2.24, 2.45) is 0 Å². The number of rotatable bonds is 9. The minimum atomic E-state index is -0.935. The first-order valence-electron chi connectivity index (χ1n) is 13.9. The number of aliphatic hydroxyl groups excluding tert-OH is 1. The summed E-state index contributed by atoms with van der Waals surface area (Å²) in [6.45, 7) is 4.51. The predicted molar refractivity (Wildman–Crippen MR) is 168 cm³/mol. The largest absolute Gasteiger partial charge is 0.507 e. The Labute approximate surface area is 262 Å². The third-order valence-electron chi connectivity index (χ3n) is 7.14. The summed E-state index contributed by atoms with van der Waals surface area (Å²) in [5, 5.41) is 21.1. The number of aromatic nitrogens is 2. The van der Waals surface area contributed by atoms with Crippen LogP contribution in [0.4, 0.5) is 5.13 Å². The molecule has 11 heteroatoms. The molecule has 220 valence electrons. The zero-order valence-corrected chi connectivity index (χ0v) is 25.8. The minimum Gasteiger partial charge on any atom is -0.507 e. The van der Waals surface area contributed by atoms with Crippen molar-refractivity contribution in [2.75, 3.05) is 11.5 Å². The van der Waals surface area contributed by atoms with Gasteiger partial charge in [-0.05, 0) is 72.5 Å². The highest BCUT2D eigenvalue weighted by molar-refractivity contribution is 8.00.